The smallest absolute Gasteiger partial charge is 0.229 e. The van der Waals surface area contributed by atoms with Gasteiger partial charge in [-0.1, -0.05) is 17.7 Å². The maximum absolute atomic E-state index is 6.32. The van der Waals surface area contributed by atoms with Crippen molar-refractivity contribution in [2.24, 2.45) is 4.99 Å². The lowest BCUT2D eigenvalue weighted by Gasteiger charge is -2.15. The average molecular weight is 503 g/mol. The Labute approximate surface area is 208 Å². The summed E-state index contributed by atoms with van der Waals surface area (Å²) in [5.74, 6) is 2.55. The van der Waals surface area contributed by atoms with E-state index >= 15 is 0 Å². The van der Waals surface area contributed by atoms with E-state index in [0.717, 1.165) is 39.8 Å². The van der Waals surface area contributed by atoms with E-state index in [1.54, 1.807) is 18.1 Å². The van der Waals surface area contributed by atoms with Crippen molar-refractivity contribution in [2.75, 3.05) is 22.9 Å². The molecule has 0 aliphatic carbocycles. The predicted octanol–water partition coefficient (Wildman–Crippen LogP) is 4.77. The first kappa shape index (κ1) is 24.9. The van der Waals surface area contributed by atoms with Gasteiger partial charge in [-0.2, -0.15) is 11.8 Å². The molecule has 0 aliphatic heterocycles. The van der Waals surface area contributed by atoms with Gasteiger partial charge < -0.3 is 15.6 Å². The Morgan fingerprint density at radius 3 is 2.55 bits per heavy atom. The molecule has 0 saturated heterocycles. The normalized spacial score (nSPS) is 11.4. The summed E-state index contributed by atoms with van der Waals surface area (Å²) in [5.41, 5.74) is 5.66. The van der Waals surface area contributed by atoms with Crippen LogP contribution in [-0.4, -0.2) is 43.3 Å². The molecule has 0 atom stereocenters. The highest BCUT2D eigenvalue weighted by molar-refractivity contribution is 7.98. The van der Waals surface area contributed by atoms with Crippen molar-refractivity contribution in [1.29, 1.82) is 0 Å². The van der Waals surface area contributed by atoms with Crippen molar-refractivity contribution in [1.82, 2.24) is 25.3 Å². The van der Waals surface area contributed by atoms with Crippen molar-refractivity contribution in [3.05, 3.63) is 64.0 Å². The summed E-state index contributed by atoms with van der Waals surface area (Å²) in [4.78, 5) is 20.9. The van der Waals surface area contributed by atoms with Gasteiger partial charge in [0, 0.05) is 28.6 Å². The second kappa shape index (κ2) is 12.0. The molecule has 0 fully saturated rings. The zero-order valence-corrected chi connectivity index (χ0v) is 21.4. The van der Waals surface area contributed by atoms with Crippen LogP contribution in [0.1, 0.15) is 28.3 Å². The van der Waals surface area contributed by atoms with Crippen LogP contribution in [0.4, 0.5) is 11.6 Å². The molecule has 0 spiro atoms. The SMILES string of the molecule is Cc1ccc(NC(=S)NC(=NCCSCc2nc[nH]c2C)Nc2nc(C)cc(C)n2)c(Cl)c1. The lowest BCUT2D eigenvalue weighted by atomic mass is 10.2. The minimum absolute atomic E-state index is 0.358. The summed E-state index contributed by atoms with van der Waals surface area (Å²) in [5, 5.41) is 10.3. The fraction of sp³-hybridized carbons (Fsp3) is 0.318. The molecule has 11 heteroatoms. The Morgan fingerprint density at radius 2 is 1.88 bits per heavy atom. The highest BCUT2D eigenvalue weighted by Crippen LogP contribution is 2.22. The first-order chi connectivity index (χ1) is 15.8. The van der Waals surface area contributed by atoms with Gasteiger partial charge >= 0.3 is 0 Å². The number of hydrogen-bond donors (Lipinski definition) is 4. The lowest BCUT2D eigenvalue weighted by molar-refractivity contribution is 1.05. The summed E-state index contributed by atoms with van der Waals surface area (Å²) in [6, 6.07) is 7.64. The summed E-state index contributed by atoms with van der Waals surface area (Å²) < 4.78 is 0. The molecular formula is C22H27ClN8S2. The molecule has 4 N–H and O–H groups in total. The third-order valence-corrected chi connectivity index (χ3v) is 5.96. The Kier molecular flexibility index (Phi) is 9.04. The zero-order valence-electron chi connectivity index (χ0n) is 19.0. The van der Waals surface area contributed by atoms with E-state index in [0.29, 0.717) is 34.3 Å². The van der Waals surface area contributed by atoms with Crippen LogP contribution in [0.15, 0.2) is 35.6 Å². The van der Waals surface area contributed by atoms with E-state index < -0.39 is 0 Å². The van der Waals surface area contributed by atoms with Crippen LogP contribution in [0.5, 0.6) is 0 Å². The van der Waals surface area contributed by atoms with Crippen LogP contribution in [0, 0.1) is 27.7 Å². The molecule has 0 bridgehead atoms. The quantitative estimate of drug-likeness (QED) is 0.158. The summed E-state index contributed by atoms with van der Waals surface area (Å²) >= 11 is 13.6. The highest BCUT2D eigenvalue weighted by Gasteiger charge is 2.09. The van der Waals surface area contributed by atoms with Crippen LogP contribution in [0.25, 0.3) is 0 Å². The summed E-state index contributed by atoms with van der Waals surface area (Å²) in [6.45, 7) is 8.41. The number of aliphatic imine (C=N–C) groups is 1. The maximum Gasteiger partial charge on any atom is 0.229 e. The van der Waals surface area contributed by atoms with Crippen LogP contribution in [-0.2, 0) is 5.75 Å². The predicted molar refractivity (Wildman–Crippen MR) is 142 cm³/mol. The number of nitrogens with zero attached hydrogens (tertiary/aromatic N) is 4. The molecule has 0 radical (unpaired) electrons. The molecule has 0 unspecified atom stereocenters. The molecule has 174 valence electrons. The number of aromatic nitrogens is 4. The van der Waals surface area contributed by atoms with E-state index in [1.807, 2.05) is 52.0 Å². The number of aryl methyl sites for hydroxylation is 4. The van der Waals surface area contributed by atoms with Crippen molar-refractivity contribution < 1.29 is 0 Å². The molecular weight excluding hydrogens is 476 g/mol. The number of rotatable bonds is 7. The molecule has 0 aliphatic rings. The maximum atomic E-state index is 6.32. The number of hydrogen-bond acceptors (Lipinski definition) is 6. The minimum Gasteiger partial charge on any atom is -0.348 e. The number of guanidine groups is 1. The van der Waals surface area contributed by atoms with Crippen molar-refractivity contribution in [3.8, 4) is 0 Å². The third kappa shape index (κ3) is 7.99. The monoisotopic (exact) mass is 502 g/mol. The average Bonchev–Trinajstić information content (AvgIpc) is 3.13. The van der Waals surface area contributed by atoms with Gasteiger partial charge in [0.1, 0.15) is 0 Å². The van der Waals surface area contributed by atoms with Gasteiger partial charge in [0.25, 0.3) is 0 Å². The van der Waals surface area contributed by atoms with Gasteiger partial charge in [-0.3, -0.25) is 10.3 Å². The summed E-state index contributed by atoms with van der Waals surface area (Å²) in [7, 11) is 0. The van der Waals surface area contributed by atoms with Gasteiger partial charge in [0.2, 0.25) is 11.9 Å². The molecule has 0 saturated carbocycles. The van der Waals surface area contributed by atoms with E-state index in [4.69, 9.17) is 23.8 Å². The molecule has 33 heavy (non-hydrogen) atoms. The van der Waals surface area contributed by atoms with Crippen molar-refractivity contribution >= 4 is 58.3 Å². The number of H-pyrrole nitrogens is 1. The number of aromatic amines is 1. The number of anilines is 2. The Hall–Kier alpha value is -2.69. The van der Waals surface area contributed by atoms with Gasteiger partial charge in [-0.15, -0.1) is 0 Å². The molecule has 3 aromatic rings. The van der Waals surface area contributed by atoms with Gasteiger partial charge in [-0.25, -0.2) is 15.0 Å². The van der Waals surface area contributed by atoms with Crippen LogP contribution >= 0.6 is 35.6 Å². The van der Waals surface area contributed by atoms with Crippen LogP contribution < -0.4 is 16.0 Å². The van der Waals surface area contributed by atoms with Crippen LogP contribution in [0.3, 0.4) is 0 Å². The Morgan fingerprint density at radius 1 is 1.12 bits per heavy atom. The first-order valence-corrected chi connectivity index (χ1v) is 12.3. The number of benzene rings is 1. The van der Waals surface area contributed by atoms with Gasteiger partial charge in [0.15, 0.2) is 5.11 Å². The number of thiocarbonyl (C=S) groups is 1. The summed E-state index contributed by atoms with van der Waals surface area (Å²) in [6.07, 6.45) is 1.72. The number of imidazole rings is 1. The number of nitrogens with one attached hydrogen (secondary N) is 4. The lowest BCUT2D eigenvalue weighted by Crippen LogP contribution is -2.39. The molecule has 3 rings (SSSR count). The first-order valence-electron chi connectivity index (χ1n) is 10.3. The highest BCUT2D eigenvalue weighted by atomic mass is 35.5. The fourth-order valence-corrected chi connectivity index (χ4v) is 4.24. The van der Waals surface area contributed by atoms with Crippen molar-refractivity contribution in [3.63, 3.8) is 0 Å². The second-order valence-corrected chi connectivity index (χ2v) is 9.34. The zero-order chi connectivity index (χ0) is 23.8. The molecule has 2 heterocycles. The van der Waals surface area contributed by atoms with Gasteiger partial charge in [-0.05, 0) is 63.7 Å². The molecule has 1 aromatic carbocycles. The topological polar surface area (TPSA) is 103 Å². The van der Waals surface area contributed by atoms with E-state index in [2.05, 4.69) is 40.9 Å². The molecule has 8 nitrogen and oxygen atoms in total. The van der Waals surface area contributed by atoms with E-state index in [9.17, 15) is 0 Å². The number of thioether (sulfide) groups is 1. The van der Waals surface area contributed by atoms with Crippen molar-refractivity contribution in [2.45, 2.75) is 33.4 Å². The van der Waals surface area contributed by atoms with E-state index in [1.165, 1.54) is 0 Å². The Bertz CT molecular complexity index is 1120. The number of halogens is 1. The Balaban J connectivity index is 1.65. The molecule has 0 amide bonds. The fourth-order valence-electron chi connectivity index (χ4n) is 2.90. The standard InChI is InChI=1S/C22H27ClN8S2/c1-13-5-6-18(17(23)9-13)29-22(32)31-20(30-21-27-14(2)10-15(3)28-21)24-7-8-33-11-19-16(4)25-12-26-19/h5-6,9-10,12H,7-8,11H2,1-4H3,(H,25,26)(H3,24,27,28,29,30,31,32). The van der Waals surface area contributed by atoms with Crippen LogP contribution in [0.2, 0.25) is 5.02 Å². The largest absolute Gasteiger partial charge is 0.348 e. The second-order valence-electron chi connectivity index (χ2n) is 7.42. The molecule has 2 aromatic heterocycles. The third-order valence-electron chi connectivity index (χ3n) is 4.50. The minimum atomic E-state index is 0.358. The van der Waals surface area contributed by atoms with E-state index in [-0.39, 0.29) is 0 Å². The van der Waals surface area contributed by atoms with Gasteiger partial charge in [0.05, 0.1) is 29.3 Å².